The standard InChI is InChI=1S/C16H12O5.C15H10O2/c1-20-11-4-2-9(3-5-11)14-8-13(19)16-12(18)6-10(17)7-15(16)21-14;16-13-10-15(11-6-2-1-3-7-11)17-14-9-5-4-8-12(13)14/h2-8,17-18H,1H3;1-10H. The summed E-state index contributed by atoms with van der Waals surface area (Å²) in [5.41, 5.74) is 1.97. The minimum atomic E-state index is -0.375. The number of aromatic hydroxyl groups is 2. The largest absolute Gasteiger partial charge is 0.508 e. The van der Waals surface area contributed by atoms with Crippen LogP contribution in [0.5, 0.6) is 17.2 Å². The van der Waals surface area contributed by atoms with Crippen molar-refractivity contribution < 1.29 is 23.8 Å². The molecule has 0 saturated heterocycles. The van der Waals surface area contributed by atoms with Gasteiger partial charge in [-0.2, -0.15) is 0 Å². The second kappa shape index (κ2) is 10.4. The van der Waals surface area contributed by atoms with E-state index in [1.807, 2.05) is 48.5 Å². The van der Waals surface area contributed by atoms with Crippen molar-refractivity contribution in [1.82, 2.24) is 0 Å². The molecular weight excluding hydrogens is 484 g/mol. The maximum atomic E-state index is 12.1. The monoisotopic (exact) mass is 506 g/mol. The molecule has 0 saturated carbocycles. The third kappa shape index (κ3) is 4.99. The van der Waals surface area contributed by atoms with Crippen molar-refractivity contribution in [2.24, 2.45) is 0 Å². The lowest BCUT2D eigenvalue weighted by atomic mass is 10.1. The molecule has 0 aliphatic rings. The van der Waals surface area contributed by atoms with Gasteiger partial charge >= 0.3 is 0 Å². The van der Waals surface area contributed by atoms with Gasteiger partial charge in [-0.25, -0.2) is 0 Å². The molecule has 0 atom stereocenters. The van der Waals surface area contributed by atoms with Crippen molar-refractivity contribution in [3.8, 4) is 39.9 Å². The second-order valence-corrected chi connectivity index (χ2v) is 8.38. The Kier molecular flexibility index (Phi) is 6.65. The normalized spacial score (nSPS) is 10.7. The summed E-state index contributed by atoms with van der Waals surface area (Å²) in [5, 5.41) is 19.9. The summed E-state index contributed by atoms with van der Waals surface area (Å²) in [7, 11) is 1.57. The van der Waals surface area contributed by atoms with Gasteiger partial charge in [0, 0.05) is 35.4 Å². The molecule has 4 aromatic carbocycles. The van der Waals surface area contributed by atoms with Gasteiger partial charge in [-0.3, -0.25) is 9.59 Å². The highest BCUT2D eigenvalue weighted by Gasteiger charge is 2.12. The first-order valence-electron chi connectivity index (χ1n) is 11.7. The van der Waals surface area contributed by atoms with Crippen molar-refractivity contribution in [3.63, 3.8) is 0 Å². The van der Waals surface area contributed by atoms with Crippen LogP contribution >= 0.6 is 0 Å². The zero-order chi connectivity index (χ0) is 26.6. The Hall–Kier alpha value is -5.30. The molecule has 2 aromatic heterocycles. The Morgan fingerprint density at radius 2 is 1.24 bits per heavy atom. The number of hydrogen-bond acceptors (Lipinski definition) is 7. The number of benzene rings is 4. The highest BCUT2D eigenvalue weighted by molar-refractivity contribution is 5.86. The van der Waals surface area contributed by atoms with E-state index in [2.05, 4.69) is 0 Å². The molecule has 38 heavy (non-hydrogen) atoms. The smallest absolute Gasteiger partial charge is 0.197 e. The van der Waals surface area contributed by atoms with Gasteiger partial charge < -0.3 is 23.8 Å². The first kappa shape index (κ1) is 24.4. The molecule has 7 heteroatoms. The van der Waals surface area contributed by atoms with E-state index in [0.29, 0.717) is 33.8 Å². The minimum Gasteiger partial charge on any atom is -0.508 e. The van der Waals surface area contributed by atoms with E-state index in [4.69, 9.17) is 13.6 Å². The van der Waals surface area contributed by atoms with Crippen molar-refractivity contribution in [3.05, 3.63) is 124 Å². The molecule has 0 radical (unpaired) electrons. The molecule has 0 aliphatic heterocycles. The fraction of sp³-hybridized carbons (Fsp3) is 0.0323. The van der Waals surface area contributed by atoms with Crippen LogP contribution in [0.25, 0.3) is 44.6 Å². The van der Waals surface area contributed by atoms with E-state index < -0.39 is 0 Å². The first-order valence-corrected chi connectivity index (χ1v) is 11.7. The maximum Gasteiger partial charge on any atom is 0.197 e. The van der Waals surface area contributed by atoms with E-state index >= 15 is 0 Å². The molecular formula is C31H22O7. The van der Waals surface area contributed by atoms with E-state index in [9.17, 15) is 19.8 Å². The molecule has 0 bridgehead atoms. The molecule has 0 amide bonds. The molecule has 0 fully saturated rings. The number of hydrogen-bond donors (Lipinski definition) is 2. The van der Waals surface area contributed by atoms with Crippen molar-refractivity contribution in [2.45, 2.75) is 0 Å². The van der Waals surface area contributed by atoms with Crippen LogP contribution in [0.2, 0.25) is 0 Å². The number of rotatable bonds is 3. The van der Waals surface area contributed by atoms with E-state index in [-0.39, 0.29) is 33.3 Å². The Bertz CT molecular complexity index is 1850. The first-order chi connectivity index (χ1) is 18.4. The summed E-state index contributed by atoms with van der Waals surface area (Å²) < 4.78 is 16.4. The third-order valence-electron chi connectivity index (χ3n) is 5.86. The highest BCUT2D eigenvalue weighted by Crippen LogP contribution is 2.31. The van der Waals surface area contributed by atoms with Gasteiger partial charge in [0.25, 0.3) is 0 Å². The van der Waals surface area contributed by atoms with Crippen molar-refractivity contribution in [2.75, 3.05) is 7.11 Å². The van der Waals surface area contributed by atoms with Gasteiger partial charge in [0.15, 0.2) is 10.9 Å². The summed E-state index contributed by atoms with van der Waals surface area (Å²) in [6.07, 6.45) is 0. The number of phenols is 2. The Balaban J connectivity index is 0.000000158. The summed E-state index contributed by atoms with van der Waals surface area (Å²) in [6, 6.07) is 29.2. The Morgan fingerprint density at radius 3 is 1.95 bits per heavy atom. The van der Waals surface area contributed by atoms with Crippen LogP contribution in [0.1, 0.15) is 0 Å². The van der Waals surface area contributed by atoms with Crippen LogP contribution in [0, 0.1) is 0 Å². The molecule has 0 unspecified atom stereocenters. The number of ether oxygens (including phenoxy) is 1. The van der Waals surface area contributed by atoms with Gasteiger partial charge in [0.1, 0.15) is 45.3 Å². The van der Waals surface area contributed by atoms with E-state index in [0.717, 1.165) is 11.6 Å². The lowest BCUT2D eigenvalue weighted by Crippen LogP contribution is -2.00. The van der Waals surface area contributed by atoms with Crippen LogP contribution in [0.3, 0.4) is 0 Å². The molecule has 2 N–H and O–H groups in total. The fourth-order valence-corrected chi connectivity index (χ4v) is 4.00. The van der Waals surface area contributed by atoms with E-state index in [1.54, 1.807) is 37.4 Å². The lowest BCUT2D eigenvalue weighted by molar-refractivity contribution is 0.415. The molecule has 188 valence electrons. The lowest BCUT2D eigenvalue weighted by Gasteiger charge is -2.06. The molecule has 0 aliphatic carbocycles. The van der Waals surface area contributed by atoms with Crippen molar-refractivity contribution in [1.29, 1.82) is 0 Å². The minimum absolute atomic E-state index is 0.00861. The highest BCUT2D eigenvalue weighted by atomic mass is 16.5. The summed E-state index contributed by atoms with van der Waals surface area (Å²) in [6.45, 7) is 0. The quantitative estimate of drug-likeness (QED) is 0.288. The molecule has 6 rings (SSSR count). The van der Waals surface area contributed by atoms with Crippen LogP contribution in [-0.2, 0) is 0 Å². The second-order valence-electron chi connectivity index (χ2n) is 8.38. The number of methoxy groups -OCH3 is 1. The number of para-hydroxylation sites is 1. The zero-order valence-electron chi connectivity index (χ0n) is 20.3. The van der Waals surface area contributed by atoms with Gasteiger partial charge in [0.2, 0.25) is 0 Å². The Morgan fingerprint density at radius 1 is 0.632 bits per heavy atom. The average Bonchev–Trinajstić information content (AvgIpc) is 2.93. The van der Waals surface area contributed by atoms with Crippen molar-refractivity contribution >= 4 is 21.9 Å². The van der Waals surface area contributed by atoms with E-state index in [1.165, 1.54) is 18.2 Å². The zero-order valence-corrected chi connectivity index (χ0v) is 20.3. The van der Waals surface area contributed by atoms with Gasteiger partial charge in [0.05, 0.1) is 12.5 Å². The predicted octanol–water partition coefficient (Wildman–Crippen LogP) is 6.34. The number of phenolic OH excluding ortho intramolecular Hbond substituents is 2. The Labute approximate surface area is 216 Å². The summed E-state index contributed by atoms with van der Waals surface area (Å²) in [4.78, 5) is 24.0. The molecule has 2 heterocycles. The third-order valence-corrected chi connectivity index (χ3v) is 5.86. The van der Waals surface area contributed by atoms with Crippen LogP contribution in [-0.4, -0.2) is 17.3 Å². The molecule has 7 nitrogen and oxygen atoms in total. The van der Waals surface area contributed by atoms with Crippen LogP contribution in [0.4, 0.5) is 0 Å². The fourth-order valence-electron chi connectivity index (χ4n) is 4.00. The molecule has 6 aromatic rings. The van der Waals surface area contributed by atoms with Crippen LogP contribution < -0.4 is 15.6 Å². The molecule has 0 spiro atoms. The maximum absolute atomic E-state index is 12.1. The average molecular weight is 507 g/mol. The van der Waals surface area contributed by atoms with Gasteiger partial charge in [-0.05, 0) is 36.4 Å². The predicted molar refractivity (Wildman–Crippen MR) is 146 cm³/mol. The van der Waals surface area contributed by atoms with Gasteiger partial charge in [-0.15, -0.1) is 0 Å². The SMILES string of the molecule is COc1ccc(-c2cc(=O)c3c(O)cc(O)cc3o2)cc1.O=c1cc(-c2ccccc2)oc2ccccc12. The topological polar surface area (TPSA) is 110 Å². The van der Waals surface area contributed by atoms with Crippen LogP contribution in [0.15, 0.2) is 122 Å². The number of fused-ring (bicyclic) bond motifs is 2. The summed E-state index contributed by atoms with van der Waals surface area (Å²) in [5.74, 6) is 1.17. The van der Waals surface area contributed by atoms with Gasteiger partial charge in [-0.1, -0.05) is 42.5 Å². The summed E-state index contributed by atoms with van der Waals surface area (Å²) >= 11 is 0.